The lowest BCUT2D eigenvalue weighted by Gasteiger charge is -2.40. The second kappa shape index (κ2) is 10.3. The Kier molecular flexibility index (Phi) is 7.93. The van der Waals surface area contributed by atoms with Gasteiger partial charge in [0, 0.05) is 17.9 Å². The fraction of sp³-hybridized carbons (Fsp3) is 0.500. The molecule has 2 aromatic carbocycles. The maximum Gasteiger partial charge on any atom is 0.188 e. The molecule has 0 heterocycles. The van der Waals surface area contributed by atoms with Gasteiger partial charge in [-0.05, 0) is 80.5 Å². The largest absolute Gasteiger partial charge is 0.508 e. The minimum absolute atomic E-state index is 0.0151. The fourth-order valence-corrected chi connectivity index (χ4v) is 7.05. The molecule has 0 saturated heterocycles. The minimum Gasteiger partial charge on any atom is -0.508 e. The third-order valence-electron chi connectivity index (χ3n) is 7.02. The van der Waals surface area contributed by atoms with E-state index in [9.17, 15) is 27.1 Å². The van der Waals surface area contributed by atoms with Crippen LogP contribution < -0.4 is 0 Å². The third-order valence-corrected chi connectivity index (χ3v) is 9.57. The quantitative estimate of drug-likeness (QED) is 0.458. The van der Waals surface area contributed by atoms with Crippen molar-refractivity contribution in [2.24, 2.45) is 11.8 Å². The van der Waals surface area contributed by atoms with E-state index in [1.54, 1.807) is 0 Å². The van der Waals surface area contributed by atoms with Gasteiger partial charge in [0.2, 0.25) is 0 Å². The van der Waals surface area contributed by atoms with Crippen molar-refractivity contribution in [3.05, 3.63) is 59.7 Å². The third kappa shape index (κ3) is 5.29. The number of hydrogen-bond acceptors (Lipinski definition) is 4. The summed E-state index contributed by atoms with van der Waals surface area (Å²) in [6.45, 7) is 4.01. The Bertz CT molecular complexity index is 1070. The van der Waals surface area contributed by atoms with Gasteiger partial charge in [0.05, 0.1) is 4.90 Å². The highest BCUT2D eigenvalue weighted by molar-refractivity contribution is 7.92. The first kappa shape index (κ1) is 25.3. The number of carbonyl (C=O) groups excluding carboxylic acids is 1. The van der Waals surface area contributed by atoms with Gasteiger partial charge >= 0.3 is 0 Å². The molecule has 1 aliphatic rings. The van der Waals surface area contributed by atoms with E-state index in [-0.39, 0.29) is 46.7 Å². The molecule has 7 heteroatoms. The SMILES string of the molecule is CCCCC(C)C(=O)CC1CCC(c2cc(F)ccc2F)(S(=O)(=O)c2ccc(O)cc2)CC1. The van der Waals surface area contributed by atoms with Crippen molar-refractivity contribution in [2.45, 2.75) is 74.9 Å². The van der Waals surface area contributed by atoms with Crippen LogP contribution in [-0.2, 0) is 19.4 Å². The Morgan fingerprint density at radius 2 is 1.76 bits per heavy atom. The topological polar surface area (TPSA) is 71.4 Å². The summed E-state index contributed by atoms with van der Waals surface area (Å²) in [4.78, 5) is 12.6. The van der Waals surface area contributed by atoms with Gasteiger partial charge in [0.15, 0.2) is 9.84 Å². The number of sulfone groups is 1. The van der Waals surface area contributed by atoms with Crippen molar-refractivity contribution in [3.63, 3.8) is 0 Å². The maximum atomic E-state index is 14.9. The second-order valence-corrected chi connectivity index (χ2v) is 11.5. The molecule has 4 nitrogen and oxygen atoms in total. The average molecular weight is 479 g/mol. The maximum absolute atomic E-state index is 14.9. The summed E-state index contributed by atoms with van der Waals surface area (Å²) in [5.74, 6) is -1.38. The van der Waals surface area contributed by atoms with Crippen molar-refractivity contribution < 1.29 is 27.1 Å². The molecular formula is C26H32F2O4S. The van der Waals surface area contributed by atoms with E-state index in [4.69, 9.17) is 0 Å². The van der Waals surface area contributed by atoms with Crippen LogP contribution in [0.2, 0.25) is 0 Å². The number of ketones is 1. The van der Waals surface area contributed by atoms with Crippen LogP contribution in [0, 0.1) is 23.5 Å². The molecule has 33 heavy (non-hydrogen) atoms. The number of halogens is 2. The summed E-state index contributed by atoms with van der Waals surface area (Å²) < 4.78 is 55.0. The Balaban J connectivity index is 1.92. The highest BCUT2D eigenvalue weighted by Crippen LogP contribution is 2.50. The molecule has 1 aliphatic carbocycles. The van der Waals surface area contributed by atoms with E-state index in [0.29, 0.717) is 19.3 Å². The predicted octanol–water partition coefficient (Wildman–Crippen LogP) is 6.32. The Morgan fingerprint density at radius 1 is 1.12 bits per heavy atom. The lowest BCUT2D eigenvalue weighted by atomic mass is 9.75. The summed E-state index contributed by atoms with van der Waals surface area (Å²) in [5, 5.41) is 9.58. The number of rotatable bonds is 9. The van der Waals surface area contributed by atoms with E-state index in [1.807, 2.05) is 6.92 Å². The second-order valence-electron chi connectivity index (χ2n) is 9.27. The van der Waals surface area contributed by atoms with Crippen LogP contribution in [-0.4, -0.2) is 19.3 Å². The summed E-state index contributed by atoms with van der Waals surface area (Å²) in [6.07, 6.45) is 4.29. The first-order valence-corrected chi connectivity index (χ1v) is 13.1. The Morgan fingerprint density at radius 3 is 2.36 bits per heavy atom. The summed E-state index contributed by atoms with van der Waals surface area (Å²) >= 11 is 0. The van der Waals surface area contributed by atoms with E-state index >= 15 is 0 Å². The van der Waals surface area contributed by atoms with Gasteiger partial charge in [-0.2, -0.15) is 0 Å². The zero-order chi connectivity index (χ0) is 24.2. The van der Waals surface area contributed by atoms with Crippen LogP contribution in [0.4, 0.5) is 8.78 Å². The molecule has 0 spiro atoms. The zero-order valence-corrected chi connectivity index (χ0v) is 20.0. The smallest absolute Gasteiger partial charge is 0.188 e. The van der Waals surface area contributed by atoms with Gasteiger partial charge < -0.3 is 5.11 Å². The molecule has 1 unspecified atom stereocenters. The highest BCUT2D eigenvalue weighted by Gasteiger charge is 2.50. The van der Waals surface area contributed by atoms with E-state index in [1.165, 1.54) is 24.3 Å². The molecule has 0 amide bonds. The van der Waals surface area contributed by atoms with Gasteiger partial charge in [-0.15, -0.1) is 0 Å². The number of unbranched alkanes of at least 4 members (excludes halogenated alkanes) is 1. The Hall–Kier alpha value is -2.28. The molecule has 0 bridgehead atoms. The molecule has 0 radical (unpaired) electrons. The standard InChI is InChI=1S/C26H32F2O4S/c1-3-4-5-18(2)25(30)16-19-12-14-26(15-13-19,23-17-20(27)6-11-24(23)28)33(31,32)22-9-7-21(29)8-10-22/h6-11,17-19,29H,3-5,12-16H2,1-2H3. The number of aromatic hydroxyl groups is 1. The van der Waals surface area contributed by atoms with Crippen LogP contribution in [0.3, 0.4) is 0 Å². The monoisotopic (exact) mass is 478 g/mol. The van der Waals surface area contributed by atoms with Crippen molar-refractivity contribution in [1.82, 2.24) is 0 Å². The van der Waals surface area contributed by atoms with Gasteiger partial charge in [-0.1, -0.05) is 26.7 Å². The number of benzene rings is 2. The van der Waals surface area contributed by atoms with Gasteiger partial charge in [0.1, 0.15) is 27.9 Å². The van der Waals surface area contributed by atoms with E-state index in [2.05, 4.69) is 6.92 Å². The number of carbonyl (C=O) groups is 1. The molecule has 180 valence electrons. The fourth-order valence-electron chi connectivity index (χ4n) is 4.89. The molecule has 1 atom stereocenters. The van der Waals surface area contributed by atoms with Crippen LogP contribution in [0.1, 0.15) is 70.8 Å². The normalized spacial score (nSPS) is 22.1. The first-order chi connectivity index (χ1) is 15.6. The molecular weight excluding hydrogens is 446 g/mol. The summed E-state index contributed by atoms with van der Waals surface area (Å²) in [5.41, 5.74) is -0.170. The molecule has 3 rings (SSSR count). The lowest BCUT2D eigenvalue weighted by molar-refractivity contribution is -0.123. The summed E-state index contributed by atoms with van der Waals surface area (Å²) in [6, 6.07) is 8.02. The minimum atomic E-state index is -4.12. The first-order valence-electron chi connectivity index (χ1n) is 11.6. The molecule has 2 aromatic rings. The number of Topliss-reactive ketones (excluding diaryl/α,β-unsaturated/α-hetero) is 1. The summed E-state index contributed by atoms with van der Waals surface area (Å²) in [7, 11) is -4.12. The average Bonchev–Trinajstić information content (AvgIpc) is 2.79. The van der Waals surface area contributed by atoms with Crippen molar-refractivity contribution in [1.29, 1.82) is 0 Å². The van der Waals surface area contributed by atoms with Crippen LogP contribution in [0.15, 0.2) is 47.4 Å². The molecule has 1 saturated carbocycles. The molecule has 0 aromatic heterocycles. The van der Waals surface area contributed by atoms with Gasteiger partial charge in [-0.25, -0.2) is 17.2 Å². The van der Waals surface area contributed by atoms with Crippen LogP contribution >= 0.6 is 0 Å². The van der Waals surface area contributed by atoms with Crippen molar-refractivity contribution >= 4 is 15.6 Å². The predicted molar refractivity (Wildman–Crippen MR) is 124 cm³/mol. The van der Waals surface area contributed by atoms with E-state index in [0.717, 1.165) is 37.5 Å². The number of phenols is 1. The van der Waals surface area contributed by atoms with Crippen molar-refractivity contribution in [2.75, 3.05) is 0 Å². The number of hydrogen-bond donors (Lipinski definition) is 1. The van der Waals surface area contributed by atoms with Crippen LogP contribution in [0.5, 0.6) is 5.75 Å². The van der Waals surface area contributed by atoms with Crippen molar-refractivity contribution in [3.8, 4) is 5.75 Å². The van der Waals surface area contributed by atoms with Gasteiger partial charge in [0.25, 0.3) is 0 Å². The lowest BCUT2D eigenvalue weighted by Crippen LogP contribution is -2.41. The van der Waals surface area contributed by atoms with E-state index < -0.39 is 26.2 Å². The molecule has 0 aliphatic heterocycles. The molecule has 1 fully saturated rings. The highest BCUT2D eigenvalue weighted by atomic mass is 32.2. The zero-order valence-electron chi connectivity index (χ0n) is 19.2. The Labute approximate surface area is 195 Å². The van der Waals surface area contributed by atoms with Gasteiger partial charge in [-0.3, -0.25) is 4.79 Å². The number of phenolic OH excluding ortho intramolecular Hbond substituents is 1. The van der Waals surface area contributed by atoms with Crippen LogP contribution in [0.25, 0.3) is 0 Å². The molecule has 1 N–H and O–H groups in total.